The van der Waals surface area contributed by atoms with E-state index >= 15 is 0 Å². The number of esters is 3. The molecule has 0 bridgehead atoms. The Labute approximate surface area is 507 Å². The molecular formula is C75H144O6. The molecule has 0 aromatic heterocycles. The number of rotatable bonds is 70. The molecule has 0 heterocycles. The molecule has 0 spiro atoms. The van der Waals surface area contributed by atoms with E-state index in [0.29, 0.717) is 19.3 Å². The molecule has 1 unspecified atom stereocenters. The zero-order valence-corrected chi connectivity index (χ0v) is 55.4. The summed E-state index contributed by atoms with van der Waals surface area (Å²) in [5.74, 6) is -0.831. The molecule has 0 aromatic carbocycles. The van der Waals surface area contributed by atoms with E-state index in [9.17, 15) is 14.4 Å². The van der Waals surface area contributed by atoms with Crippen LogP contribution in [0.3, 0.4) is 0 Å². The molecular weight excluding hydrogens is 997 g/mol. The normalized spacial score (nSPS) is 12.0. The van der Waals surface area contributed by atoms with Gasteiger partial charge in [-0.3, -0.25) is 14.4 Å². The number of allylic oxidation sites excluding steroid dienone is 2. The van der Waals surface area contributed by atoms with Crippen LogP contribution in [0.2, 0.25) is 0 Å². The second-order valence-electron chi connectivity index (χ2n) is 25.6. The first-order valence-electron chi connectivity index (χ1n) is 37.2. The molecule has 0 aliphatic rings. The Kier molecular flexibility index (Phi) is 69.0. The first-order chi connectivity index (χ1) is 40.0. The number of carbonyl (C=O) groups is 3. The van der Waals surface area contributed by atoms with Gasteiger partial charge in [0.1, 0.15) is 13.2 Å². The number of ether oxygens (including phenoxy) is 3. The minimum absolute atomic E-state index is 0.0630. The van der Waals surface area contributed by atoms with Gasteiger partial charge in [0, 0.05) is 19.3 Å². The topological polar surface area (TPSA) is 78.9 Å². The number of unbranched alkanes of at least 4 members (excludes halogenated alkanes) is 57. The van der Waals surface area contributed by atoms with Gasteiger partial charge in [0.2, 0.25) is 0 Å². The largest absolute Gasteiger partial charge is 0.462 e. The van der Waals surface area contributed by atoms with E-state index in [1.165, 1.54) is 334 Å². The Bertz CT molecular complexity index is 1260. The van der Waals surface area contributed by atoms with Crippen LogP contribution >= 0.6 is 0 Å². The summed E-state index contributed by atoms with van der Waals surface area (Å²) in [5, 5.41) is 0. The summed E-state index contributed by atoms with van der Waals surface area (Å²) in [4.78, 5) is 38.3. The molecule has 0 N–H and O–H groups in total. The maximum Gasteiger partial charge on any atom is 0.306 e. The molecule has 0 amide bonds. The molecule has 0 aromatic rings. The summed E-state index contributed by atoms with van der Waals surface area (Å²) in [6.07, 6.45) is 85.7. The van der Waals surface area contributed by atoms with Crippen molar-refractivity contribution in [3.8, 4) is 0 Å². The maximum atomic E-state index is 12.9. The van der Waals surface area contributed by atoms with Crippen LogP contribution in [-0.4, -0.2) is 37.2 Å². The van der Waals surface area contributed by atoms with E-state index in [0.717, 1.165) is 57.8 Å². The zero-order chi connectivity index (χ0) is 58.5. The predicted octanol–water partition coefficient (Wildman–Crippen LogP) is 25.6. The summed E-state index contributed by atoms with van der Waals surface area (Å²) in [6.45, 7) is 6.71. The molecule has 0 fully saturated rings. The second-order valence-corrected chi connectivity index (χ2v) is 25.6. The van der Waals surface area contributed by atoms with Crippen molar-refractivity contribution in [3.63, 3.8) is 0 Å². The average molecular weight is 1140 g/mol. The highest BCUT2D eigenvalue weighted by atomic mass is 16.6. The fourth-order valence-corrected chi connectivity index (χ4v) is 11.7. The van der Waals surface area contributed by atoms with E-state index < -0.39 is 6.10 Å². The molecule has 0 saturated heterocycles. The monoisotopic (exact) mass is 1140 g/mol. The third kappa shape index (κ3) is 68.8. The SMILES string of the molecule is CCCCCCCCCC/C=C\CCCCCCCCCCCCCCCC(=O)OC(COC(=O)CCCCCCCCCCC)COC(=O)CCCCCCCCCCCCCCCCCCCCCCCCCCCCCCC. The van der Waals surface area contributed by atoms with Gasteiger partial charge in [-0.25, -0.2) is 0 Å². The third-order valence-electron chi connectivity index (χ3n) is 17.3. The Hall–Kier alpha value is -1.85. The van der Waals surface area contributed by atoms with Crippen LogP contribution in [0.15, 0.2) is 12.2 Å². The molecule has 0 aliphatic heterocycles. The van der Waals surface area contributed by atoms with Crippen molar-refractivity contribution in [2.75, 3.05) is 13.2 Å². The molecule has 81 heavy (non-hydrogen) atoms. The van der Waals surface area contributed by atoms with Crippen molar-refractivity contribution in [2.24, 2.45) is 0 Å². The van der Waals surface area contributed by atoms with Gasteiger partial charge in [-0.05, 0) is 44.9 Å². The van der Waals surface area contributed by atoms with Gasteiger partial charge in [-0.15, -0.1) is 0 Å². The maximum absolute atomic E-state index is 12.9. The van der Waals surface area contributed by atoms with Crippen LogP contribution in [-0.2, 0) is 28.6 Å². The highest BCUT2D eigenvalue weighted by Crippen LogP contribution is 2.19. The van der Waals surface area contributed by atoms with Crippen molar-refractivity contribution in [3.05, 3.63) is 12.2 Å². The average Bonchev–Trinajstić information content (AvgIpc) is 3.47. The minimum Gasteiger partial charge on any atom is -0.462 e. The van der Waals surface area contributed by atoms with Gasteiger partial charge in [-0.1, -0.05) is 380 Å². The van der Waals surface area contributed by atoms with Crippen molar-refractivity contribution >= 4 is 17.9 Å². The summed E-state index contributed by atoms with van der Waals surface area (Å²) in [5.41, 5.74) is 0. The molecule has 0 radical (unpaired) electrons. The van der Waals surface area contributed by atoms with Gasteiger partial charge >= 0.3 is 17.9 Å². The summed E-state index contributed by atoms with van der Waals surface area (Å²) < 4.78 is 17.0. The molecule has 6 nitrogen and oxygen atoms in total. The van der Waals surface area contributed by atoms with E-state index in [2.05, 4.69) is 32.9 Å². The fourth-order valence-electron chi connectivity index (χ4n) is 11.7. The van der Waals surface area contributed by atoms with Crippen LogP contribution in [0.1, 0.15) is 432 Å². The third-order valence-corrected chi connectivity index (χ3v) is 17.3. The minimum atomic E-state index is -0.765. The van der Waals surface area contributed by atoms with E-state index in [-0.39, 0.29) is 31.1 Å². The van der Waals surface area contributed by atoms with Crippen LogP contribution < -0.4 is 0 Å². The molecule has 0 rings (SSSR count). The number of hydrogen-bond donors (Lipinski definition) is 0. The van der Waals surface area contributed by atoms with E-state index in [1.54, 1.807) is 0 Å². The Balaban J connectivity index is 4.05. The van der Waals surface area contributed by atoms with Crippen molar-refractivity contribution < 1.29 is 28.6 Å². The molecule has 0 saturated carbocycles. The zero-order valence-electron chi connectivity index (χ0n) is 55.4. The van der Waals surface area contributed by atoms with Gasteiger partial charge < -0.3 is 14.2 Å². The molecule has 6 heteroatoms. The van der Waals surface area contributed by atoms with E-state index in [1.807, 2.05) is 0 Å². The molecule has 0 aliphatic carbocycles. The van der Waals surface area contributed by atoms with Crippen LogP contribution in [0.4, 0.5) is 0 Å². The second kappa shape index (κ2) is 70.6. The summed E-state index contributed by atoms with van der Waals surface area (Å²) in [7, 11) is 0. The van der Waals surface area contributed by atoms with Crippen LogP contribution in [0, 0.1) is 0 Å². The lowest BCUT2D eigenvalue weighted by atomic mass is 10.0. The lowest BCUT2D eigenvalue weighted by Crippen LogP contribution is -2.30. The number of carbonyl (C=O) groups excluding carboxylic acids is 3. The van der Waals surface area contributed by atoms with Crippen LogP contribution in [0.5, 0.6) is 0 Å². The van der Waals surface area contributed by atoms with Gasteiger partial charge in [0.25, 0.3) is 0 Å². The Morgan fingerprint density at radius 1 is 0.235 bits per heavy atom. The standard InChI is InChI=1S/C75H144O6/c1-4-7-10-13-16-19-21-23-25-27-29-31-33-35-36-37-38-40-41-43-45-47-49-51-53-56-59-62-65-68-74(77)80-71-72(70-79-73(76)67-64-61-58-55-18-15-12-9-6-3)81-75(78)69-66-63-60-57-54-52-50-48-46-44-42-39-34-32-30-28-26-24-22-20-17-14-11-8-5-2/h28,30,72H,4-27,29,31-71H2,1-3H3/b30-28-. The van der Waals surface area contributed by atoms with Gasteiger partial charge in [0.05, 0.1) is 0 Å². The smallest absolute Gasteiger partial charge is 0.306 e. The summed E-state index contributed by atoms with van der Waals surface area (Å²) >= 11 is 0. The van der Waals surface area contributed by atoms with E-state index in [4.69, 9.17) is 14.2 Å². The quantitative estimate of drug-likeness (QED) is 0.0261. The van der Waals surface area contributed by atoms with Crippen molar-refractivity contribution in [1.29, 1.82) is 0 Å². The predicted molar refractivity (Wildman–Crippen MR) is 353 cm³/mol. The Morgan fingerprint density at radius 3 is 0.617 bits per heavy atom. The lowest BCUT2D eigenvalue weighted by Gasteiger charge is -2.18. The van der Waals surface area contributed by atoms with Crippen molar-refractivity contribution in [2.45, 2.75) is 438 Å². The molecule has 1 atom stereocenters. The summed E-state index contributed by atoms with van der Waals surface area (Å²) in [6, 6.07) is 0. The van der Waals surface area contributed by atoms with Gasteiger partial charge in [0.15, 0.2) is 6.10 Å². The van der Waals surface area contributed by atoms with Crippen LogP contribution in [0.25, 0.3) is 0 Å². The fraction of sp³-hybridized carbons (Fsp3) is 0.933. The lowest BCUT2D eigenvalue weighted by molar-refractivity contribution is -0.167. The van der Waals surface area contributed by atoms with Gasteiger partial charge in [-0.2, -0.15) is 0 Å². The van der Waals surface area contributed by atoms with Crippen molar-refractivity contribution in [1.82, 2.24) is 0 Å². The first kappa shape index (κ1) is 79.2. The highest BCUT2D eigenvalue weighted by Gasteiger charge is 2.20. The molecule has 480 valence electrons. The Morgan fingerprint density at radius 2 is 0.407 bits per heavy atom. The number of hydrogen-bond acceptors (Lipinski definition) is 6. The first-order valence-corrected chi connectivity index (χ1v) is 37.2. The highest BCUT2D eigenvalue weighted by molar-refractivity contribution is 5.71.